The molecule has 1 aliphatic carbocycles. The van der Waals surface area contributed by atoms with Crippen molar-refractivity contribution >= 4 is 11.8 Å². The molecule has 0 radical (unpaired) electrons. The van der Waals surface area contributed by atoms with Crippen LogP contribution in [0, 0.1) is 0 Å². The lowest BCUT2D eigenvalue weighted by Gasteiger charge is -2.52. The number of nitrogens with zero attached hydrogens (tertiary/aromatic N) is 1. The van der Waals surface area contributed by atoms with Crippen molar-refractivity contribution in [1.29, 1.82) is 0 Å². The van der Waals surface area contributed by atoms with E-state index in [0.717, 1.165) is 31.4 Å². The number of rotatable bonds is 5. The molecule has 4 rings (SSSR count). The summed E-state index contributed by atoms with van der Waals surface area (Å²) in [5.74, 6) is -0.123. The van der Waals surface area contributed by atoms with E-state index in [4.69, 9.17) is 0 Å². The number of carbonyl (C=O) groups excluding carboxylic acids is 2. The van der Waals surface area contributed by atoms with Gasteiger partial charge in [0.25, 0.3) is 5.91 Å². The van der Waals surface area contributed by atoms with Crippen LogP contribution < -0.4 is 5.32 Å². The number of benzene rings is 2. The first kappa shape index (κ1) is 17.8. The minimum atomic E-state index is -0.530. The normalized spacial score (nSPS) is 18.7. The minimum absolute atomic E-state index is 0.0590. The Kier molecular flexibility index (Phi) is 4.97. The van der Waals surface area contributed by atoms with Crippen LogP contribution in [0.1, 0.15) is 48.0 Å². The summed E-state index contributed by atoms with van der Waals surface area (Å²) in [6.45, 7) is 0.811. The van der Waals surface area contributed by atoms with Gasteiger partial charge in [0.15, 0.2) is 0 Å². The van der Waals surface area contributed by atoms with Gasteiger partial charge in [-0.05, 0) is 37.0 Å². The van der Waals surface area contributed by atoms with Crippen LogP contribution in [0.2, 0.25) is 0 Å². The second-order valence-electron chi connectivity index (χ2n) is 7.75. The molecule has 1 saturated heterocycles. The molecule has 1 aliphatic heterocycles. The molecular weight excluding hydrogens is 336 g/mol. The summed E-state index contributed by atoms with van der Waals surface area (Å²) >= 11 is 0. The second kappa shape index (κ2) is 7.55. The van der Waals surface area contributed by atoms with E-state index >= 15 is 0 Å². The molecule has 1 spiro atoms. The van der Waals surface area contributed by atoms with Crippen molar-refractivity contribution in [2.24, 2.45) is 0 Å². The fourth-order valence-electron chi connectivity index (χ4n) is 4.51. The van der Waals surface area contributed by atoms with Gasteiger partial charge in [-0.1, -0.05) is 61.4 Å². The molecule has 0 bridgehead atoms. The Morgan fingerprint density at radius 3 is 2.15 bits per heavy atom. The molecule has 1 unspecified atom stereocenters. The zero-order chi connectivity index (χ0) is 18.7. The summed E-state index contributed by atoms with van der Waals surface area (Å²) < 4.78 is 0. The monoisotopic (exact) mass is 362 g/mol. The molecule has 1 heterocycles. The Bertz CT molecular complexity index is 798. The highest BCUT2D eigenvalue weighted by Crippen LogP contribution is 2.44. The van der Waals surface area contributed by atoms with Gasteiger partial charge in [0.05, 0.1) is 0 Å². The zero-order valence-corrected chi connectivity index (χ0v) is 15.6. The van der Waals surface area contributed by atoms with E-state index < -0.39 is 6.04 Å². The number of likely N-dealkylation sites (tertiary alicyclic amines) is 1. The van der Waals surface area contributed by atoms with Gasteiger partial charge in [0.2, 0.25) is 5.91 Å². The number of hydrogen-bond donors (Lipinski definition) is 1. The van der Waals surface area contributed by atoms with Crippen LogP contribution in [-0.4, -0.2) is 34.8 Å². The first-order chi connectivity index (χ1) is 13.2. The Morgan fingerprint density at radius 2 is 1.56 bits per heavy atom. The third kappa shape index (κ3) is 3.61. The van der Waals surface area contributed by atoms with Crippen molar-refractivity contribution in [1.82, 2.24) is 10.2 Å². The van der Waals surface area contributed by atoms with Gasteiger partial charge >= 0.3 is 0 Å². The van der Waals surface area contributed by atoms with Gasteiger partial charge in [-0.2, -0.15) is 0 Å². The summed E-state index contributed by atoms with van der Waals surface area (Å²) in [4.78, 5) is 28.1. The summed E-state index contributed by atoms with van der Waals surface area (Å²) in [6, 6.07) is 18.5. The molecule has 1 atom stereocenters. The molecule has 4 nitrogen and oxygen atoms in total. The van der Waals surface area contributed by atoms with E-state index in [1.165, 1.54) is 12.8 Å². The first-order valence-electron chi connectivity index (χ1n) is 9.89. The summed E-state index contributed by atoms with van der Waals surface area (Å²) in [5, 5.41) is 3.01. The number of amides is 2. The summed E-state index contributed by atoms with van der Waals surface area (Å²) in [6.07, 6.45) is 6.22. The Hall–Kier alpha value is -2.62. The highest BCUT2D eigenvalue weighted by Gasteiger charge is 2.50. The quantitative estimate of drug-likeness (QED) is 0.884. The molecule has 4 heteroatoms. The maximum absolute atomic E-state index is 13.4. The van der Waals surface area contributed by atoms with Gasteiger partial charge in [0, 0.05) is 24.1 Å². The van der Waals surface area contributed by atoms with Crippen LogP contribution in [0.5, 0.6) is 0 Å². The lowest BCUT2D eigenvalue weighted by atomic mass is 9.82. The van der Waals surface area contributed by atoms with Gasteiger partial charge < -0.3 is 10.2 Å². The first-order valence-corrected chi connectivity index (χ1v) is 9.89. The van der Waals surface area contributed by atoms with Gasteiger partial charge in [-0.3, -0.25) is 9.59 Å². The maximum atomic E-state index is 13.4. The average Bonchev–Trinajstić information content (AvgIpc) is 3.20. The molecule has 2 fully saturated rings. The lowest BCUT2D eigenvalue weighted by molar-refractivity contribution is -0.149. The van der Waals surface area contributed by atoms with Crippen LogP contribution in [-0.2, 0) is 11.2 Å². The largest absolute Gasteiger partial charge is 0.340 e. The van der Waals surface area contributed by atoms with Crippen LogP contribution in [0.3, 0.4) is 0 Å². The van der Waals surface area contributed by atoms with Crippen molar-refractivity contribution in [2.75, 3.05) is 6.54 Å². The highest BCUT2D eigenvalue weighted by atomic mass is 16.2. The Labute approximate surface area is 160 Å². The van der Waals surface area contributed by atoms with Gasteiger partial charge in [0.1, 0.15) is 6.04 Å². The molecule has 27 heavy (non-hydrogen) atoms. The van der Waals surface area contributed by atoms with Crippen LogP contribution in [0.15, 0.2) is 60.7 Å². The third-order valence-corrected chi connectivity index (χ3v) is 6.10. The van der Waals surface area contributed by atoms with Crippen molar-refractivity contribution < 1.29 is 9.59 Å². The van der Waals surface area contributed by atoms with E-state index in [1.54, 1.807) is 12.1 Å². The Balaban J connectivity index is 1.54. The molecule has 2 aromatic carbocycles. The number of nitrogens with one attached hydrogen (secondary N) is 1. The predicted molar refractivity (Wildman–Crippen MR) is 105 cm³/mol. The summed E-state index contributed by atoms with van der Waals surface area (Å²) in [5.41, 5.74) is 1.71. The molecule has 140 valence electrons. The van der Waals surface area contributed by atoms with Gasteiger partial charge in [-0.15, -0.1) is 0 Å². The van der Waals surface area contributed by atoms with Crippen molar-refractivity contribution in [3.8, 4) is 0 Å². The maximum Gasteiger partial charge on any atom is 0.251 e. The summed E-state index contributed by atoms with van der Waals surface area (Å²) in [7, 11) is 0. The van der Waals surface area contributed by atoms with Crippen LogP contribution in [0.4, 0.5) is 0 Å². The van der Waals surface area contributed by atoms with Crippen molar-refractivity contribution in [3.05, 3.63) is 71.8 Å². The van der Waals surface area contributed by atoms with E-state index in [1.807, 2.05) is 53.4 Å². The fourth-order valence-corrected chi connectivity index (χ4v) is 4.51. The van der Waals surface area contributed by atoms with E-state index in [9.17, 15) is 9.59 Å². The van der Waals surface area contributed by atoms with Crippen LogP contribution in [0.25, 0.3) is 0 Å². The smallest absolute Gasteiger partial charge is 0.251 e. The van der Waals surface area contributed by atoms with Crippen LogP contribution >= 0.6 is 0 Å². The molecule has 1 saturated carbocycles. The minimum Gasteiger partial charge on any atom is -0.340 e. The van der Waals surface area contributed by atoms with E-state index in [-0.39, 0.29) is 17.4 Å². The highest BCUT2D eigenvalue weighted by molar-refractivity contribution is 5.97. The average molecular weight is 362 g/mol. The van der Waals surface area contributed by atoms with Crippen molar-refractivity contribution in [2.45, 2.75) is 50.1 Å². The Morgan fingerprint density at radius 1 is 0.926 bits per heavy atom. The number of hydrogen-bond acceptors (Lipinski definition) is 2. The van der Waals surface area contributed by atoms with E-state index in [2.05, 4.69) is 5.32 Å². The molecule has 2 amide bonds. The SMILES string of the molecule is O=C(NC(Cc1ccccc1)C(=O)N1CCC12CCCC2)c1ccccc1. The standard InChI is InChI=1S/C23H26N2O2/c26-21(19-11-5-2-6-12-19)24-20(17-18-9-3-1-4-10-18)22(27)25-16-15-23(25)13-7-8-14-23/h1-6,9-12,20H,7-8,13-17H2,(H,24,26). The fraction of sp³-hybridized carbons (Fsp3) is 0.391. The molecular formula is C23H26N2O2. The van der Waals surface area contributed by atoms with Crippen molar-refractivity contribution in [3.63, 3.8) is 0 Å². The van der Waals surface area contributed by atoms with E-state index in [0.29, 0.717) is 12.0 Å². The number of carbonyl (C=O) groups is 2. The molecule has 2 aliphatic rings. The topological polar surface area (TPSA) is 49.4 Å². The predicted octanol–water partition coefficient (Wildman–Crippen LogP) is 3.57. The zero-order valence-electron chi connectivity index (χ0n) is 15.6. The van der Waals surface area contributed by atoms with Gasteiger partial charge in [-0.25, -0.2) is 0 Å². The molecule has 1 N–H and O–H groups in total. The third-order valence-electron chi connectivity index (χ3n) is 6.10. The lowest BCUT2D eigenvalue weighted by Crippen LogP contribution is -2.65. The second-order valence-corrected chi connectivity index (χ2v) is 7.75. The molecule has 2 aromatic rings. The molecule has 0 aromatic heterocycles.